The Kier molecular flexibility index (Phi) is 5.31. The van der Waals surface area contributed by atoms with E-state index in [1.807, 2.05) is 49.2 Å². The van der Waals surface area contributed by atoms with Crippen LogP contribution >= 0.6 is 35.1 Å². The van der Waals surface area contributed by atoms with E-state index >= 15 is 0 Å². The van der Waals surface area contributed by atoms with Gasteiger partial charge in [-0.3, -0.25) is 9.69 Å². The summed E-state index contributed by atoms with van der Waals surface area (Å²) in [6, 6.07) is 13.2. The van der Waals surface area contributed by atoms with Crippen molar-refractivity contribution >= 4 is 57.6 Å². The van der Waals surface area contributed by atoms with Gasteiger partial charge in [0.25, 0.3) is 5.91 Å². The number of thioether (sulfide) groups is 2. The molecule has 2 aliphatic heterocycles. The fourth-order valence-corrected chi connectivity index (χ4v) is 5.49. The molecule has 2 heterocycles. The number of anilines is 1. The van der Waals surface area contributed by atoms with Crippen molar-refractivity contribution in [2.24, 2.45) is 4.99 Å². The van der Waals surface area contributed by atoms with Crippen LogP contribution in [0.15, 0.2) is 62.3 Å². The molecule has 5 nitrogen and oxygen atoms in total. The molecule has 2 aromatic rings. The second-order valence-corrected chi connectivity index (χ2v) is 8.60. The molecule has 0 aliphatic carbocycles. The lowest BCUT2D eigenvalue weighted by molar-refractivity contribution is -0.122. The number of fused-ring (bicyclic) bond motifs is 1. The minimum atomic E-state index is -0.0191. The summed E-state index contributed by atoms with van der Waals surface area (Å²) in [6.45, 7) is 2.51. The summed E-state index contributed by atoms with van der Waals surface area (Å²) in [5, 5.41) is 2.25. The summed E-state index contributed by atoms with van der Waals surface area (Å²) >= 11 is 8.96. The van der Waals surface area contributed by atoms with Crippen molar-refractivity contribution in [2.75, 3.05) is 25.6 Å². The SMILES string of the molecule is CCN1C(=O)/C(=C2\Sc3ccc(OC)cc3N2C)SC1=Nc1ccc(Cl)cc1. The van der Waals surface area contributed by atoms with Crippen LogP contribution in [-0.4, -0.2) is 36.7 Å². The molecule has 0 saturated carbocycles. The van der Waals surface area contributed by atoms with Crippen LogP contribution in [0.5, 0.6) is 5.75 Å². The number of halogens is 1. The molecule has 0 bridgehead atoms. The summed E-state index contributed by atoms with van der Waals surface area (Å²) in [6.07, 6.45) is 0. The van der Waals surface area contributed by atoms with Crippen molar-refractivity contribution in [2.45, 2.75) is 11.8 Å². The van der Waals surface area contributed by atoms with Gasteiger partial charge in [-0.2, -0.15) is 0 Å². The molecule has 2 aromatic carbocycles. The zero-order valence-corrected chi connectivity index (χ0v) is 18.0. The van der Waals surface area contributed by atoms with Gasteiger partial charge in [-0.15, -0.1) is 0 Å². The van der Waals surface area contributed by atoms with Gasteiger partial charge in [-0.1, -0.05) is 23.4 Å². The van der Waals surface area contributed by atoms with Crippen molar-refractivity contribution in [3.8, 4) is 5.75 Å². The van der Waals surface area contributed by atoms with Gasteiger partial charge in [-0.05, 0) is 55.1 Å². The molecule has 1 amide bonds. The Balaban J connectivity index is 1.71. The fraction of sp³-hybridized carbons (Fsp3) is 0.200. The van der Waals surface area contributed by atoms with Gasteiger partial charge in [0.15, 0.2) is 5.17 Å². The van der Waals surface area contributed by atoms with E-state index in [0.717, 1.165) is 27.0 Å². The Hall–Kier alpha value is -2.09. The molecule has 2 aliphatic rings. The van der Waals surface area contributed by atoms with Gasteiger partial charge < -0.3 is 9.64 Å². The molecule has 0 atom stereocenters. The average molecular weight is 432 g/mol. The third-order valence-electron chi connectivity index (χ3n) is 4.46. The number of ether oxygens (including phenoxy) is 1. The van der Waals surface area contributed by atoms with E-state index in [-0.39, 0.29) is 5.91 Å². The maximum Gasteiger partial charge on any atom is 0.269 e. The number of rotatable bonds is 3. The smallest absolute Gasteiger partial charge is 0.269 e. The highest BCUT2D eigenvalue weighted by Gasteiger charge is 2.38. The number of nitrogens with zero attached hydrogens (tertiary/aromatic N) is 3. The third-order valence-corrected chi connectivity index (χ3v) is 7.15. The summed E-state index contributed by atoms with van der Waals surface area (Å²) in [5.41, 5.74) is 1.80. The molecule has 28 heavy (non-hydrogen) atoms. The lowest BCUT2D eigenvalue weighted by Crippen LogP contribution is -2.29. The molecule has 0 spiro atoms. The molecular formula is C20H18ClN3O2S2. The number of hydrogen-bond acceptors (Lipinski definition) is 6. The first kappa shape index (κ1) is 19.2. The van der Waals surface area contributed by atoms with Crippen LogP contribution in [0, 0.1) is 0 Å². The van der Waals surface area contributed by atoms with E-state index in [4.69, 9.17) is 16.3 Å². The second-order valence-electron chi connectivity index (χ2n) is 6.15. The predicted octanol–water partition coefficient (Wildman–Crippen LogP) is 5.34. The highest BCUT2D eigenvalue weighted by molar-refractivity contribution is 8.19. The highest BCUT2D eigenvalue weighted by atomic mass is 35.5. The molecule has 8 heteroatoms. The monoisotopic (exact) mass is 431 g/mol. The zero-order valence-electron chi connectivity index (χ0n) is 15.6. The molecule has 4 rings (SSSR count). The Morgan fingerprint density at radius 3 is 2.57 bits per heavy atom. The lowest BCUT2D eigenvalue weighted by atomic mass is 10.3. The summed E-state index contributed by atoms with van der Waals surface area (Å²) in [4.78, 5) is 23.3. The maximum absolute atomic E-state index is 13.1. The Morgan fingerprint density at radius 2 is 1.89 bits per heavy atom. The first-order chi connectivity index (χ1) is 13.5. The third kappa shape index (κ3) is 3.38. The molecule has 0 aromatic heterocycles. The van der Waals surface area contributed by atoms with Gasteiger partial charge in [0.1, 0.15) is 10.7 Å². The van der Waals surface area contributed by atoms with Gasteiger partial charge in [0.05, 0.1) is 23.5 Å². The Bertz CT molecular complexity index is 1010. The topological polar surface area (TPSA) is 45.1 Å². The number of methoxy groups -OCH3 is 1. The average Bonchev–Trinajstić information content (AvgIpc) is 3.19. The minimum Gasteiger partial charge on any atom is -0.497 e. The largest absolute Gasteiger partial charge is 0.497 e. The molecule has 1 fully saturated rings. The van der Waals surface area contributed by atoms with Crippen molar-refractivity contribution in [3.63, 3.8) is 0 Å². The Morgan fingerprint density at radius 1 is 1.14 bits per heavy atom. The van der Waals surface area contributed by atoms with Gasteiger partial charge in [-0.25, -0.2) is 4.99 Å². The zero-order chi connectivity index (χ0) is 19.8. The lowest BCUT2D eigenvalue weighted by Gasteiger charge is -2.15. The molecule has 0 radical (unpaired) electrons. The van der Waals surface area contributed by atoms with Crippen LogP contribution < -0.4 is 9.64 Å². The van der Waals surface area contributed by atoms with Crippen molar-refractivity contribution in [3.05, 3.63) is 57.4 Å². The van der Waals surface area contributed by atoms with E-state index in [1.54, 1.807) is 35.9 Å². The number of carbonyl (C=O) groups excluding carboxylic acids is 1. The fourth-order valence-electron chi connectivity index (χ4n) is 2.98. The van der Waals surface area contributed by atoms with E-state index in [9.17, 15) is 4.79 Å². The van der Waals surface area contributed by atoms with E-state index < -0.39 is 0 Å². The van der Waals surface area contributed by atoms with Crippen LogP contribution in [-0.2, 0) is 4.79 Å². The minimum absolute atomic E-state index is 0.0191. The van der Waals surface area contributed by atoms with E-state index in [1.165, 1.54) is 11.8 Å². The number of amides is 1. The molecule has 1 saturated heterocycles. The van der Waals surface area contributed by atoms with Crippen LogP contribution in [0.3, 0.4) is 0 Å². The number of carbonyl (C=O) groups is 1. The summed E-state index contributed by atoms with van der Waals surface area (Å²) < 4.78 is 5.34. The first-order valence-corrected chi connectivity index (χ1v) is 10.7. The van der Waals surface area contributed by atoms with Gasteiger partial charge in [0, 0.05) is 29.6 Å². The van der Waals surface area contributed by atoms with Crippen molar-refractivity contribution < 1.29 is 9.53 Å². The molecule has 0 N–H and O–H groups in total. The Labute approximate surface area is 177 Å². The molecular weight excluding hydrogens is 414 g/mol. The number of likely N-dealkylation sites (N-methyl/N-ethyl adjacent to an activating group) is 1. The van der Waals surface area contributed by atoms with Gasteiger partial charge in [0.2, 0.25) is 0 Å². The quantitative estimate of drug-likeness (QED) is 0.613. The number of hydrogen-bond donors (Lipinski definition) is 0. The number of aliphatic imine (C=N–C) groups is 1. The van der Waals surface area contributed by atoms with Crippen LogP contribution in [0.25, 0.3) is 0 Å². The van der Waals surface area contributed by atoms with E-state index in [0.29, 0.717) is 21.6 Å². The standard InChI is InChI=1S/C20H18ClN3O2S2/c1-4-24-18(25)17(28-20(24)22-13-7-5-12(21)6-8-13)19-23(2)15-11-14(26-3)9-10-16(15)27-19/h5-11H,4H2,1-3H3/b19-17+,22-20?. The number of benzene rings is 2. The summed E-state index contributed by atoms with van der Waals surface area (Å²) in [5.74, 6) is 0.775. The van der Waals surface area contributed by atoms with Crippen molar-refractivity contribution in [1.29, 1.82) is 0 Å². The van der Waals surface area contributed by atoms with Crippen LogP contribution in [0.1, 0.15) is 6.92 Å². The second kappa shape index (κ2) is 7.73. The number of amidine groups is 1. The van der Waals surface area contributed by atoms with Crippen LogP contribution in [0.4, 0.5) is 11.4 Å². The first-order valence-electron chi connectivity index (χ1n) is 8.69. The van der Waals surface area contributed by atoms with Crippen LogP contribution in [0.2, 0.25) is 5.02 Å². The van der Waals surface area contributed by atoms with Crippen molar-refractivity contribution in [1.82, 2.24) is 4.90 Å². The normalized spacial score (nSPS) is 20.3. The predicted molar refractivity (Wildman–Crippen MR) is 118 cm³/mol. The maximum atomic E-state index is 13.1. The highest BCUT2D eigenvalue weighted by Crippen LogP contribution is 2.51. The summed E-state index contributed by atoms with van der Waals surface area (Å²) in [7, 11) is 3.62. The molecule has 144 valence electrons. The molecule has 0 unspecified atom stereocenters. The van der Waals surface area contributed by atoms with E-state index in [2.05, 4.69) is 4.99 Å². The van der Waals surface area contributed by atoms with Gasteiger partial charge >= 0.3 is 0 Å².